The summed E-state index contributed by atoms with van der Waals surface area (Å²) in [5.41, 5.74) is 1.08. The Morgan fingerprint density at radius 3 is 2.43 bits per heavy atom. The maximum absolute atomic E-state index is 5.22. The van der Waals surface area contributed by atoms with Crippen molar-refractivity contribution in [1.82, 2.24) is 0 Å². The maximum Gasteiger partial charge on any atom is 0.148 e. The summed E-state index contributed by atoms with van der Waals surface area (Å²) in [5, 5.41) is 0. The van der Waals surface area contributed by atoms with Gasteiger partial charge in [-0.25, -0.2) is 0 Å². The smallest absolute Gasteiger partial charge is 0.148 e. The predicted octanol–water partition coefficient (Wildman–Crippen LogP) is -0.660. The fourth-order valence-electron chi connectivity index (χ4n) is 0.895. The van der Waals surface area contributed by atoms with Gasteiger partial charge in [-0.3, -0.25) is 0 Å². The summed E-state index contributed by atoms with van der Waals surface area (Å²) in [6, 6.07) is 0. The highest BCUT2D eigenvalue weighted by atomic mass is 28.3. The molecule has 1 fully saturated rings. The molecule has 3 heteroatoms. The Hall–Kier alpha value is 0.394. The molecule has 0 aromatic heterocycles. The first kappa shape index (κ1) is 5.53. The van der Waals surface area contributed by atoms with E-state index in [0.29, 0.717) is 0 Å². The minimum Gasteiger partial charge on any atom is -0.468 e. The van der Waals surface area contributed by atoms with E-state index in [4.69, 9.17) is 4.12 Å². The Morgan fingerprint density at radius 1 is 1.57 bits per heavy atom. The van der Waals surface area contributed by atoms with Crippen molar-refractivity contribution in [2.45, 2.75) is 24.8 Å². The van der Waals surface area contributed by atoms with Gasteiger partial charge in [-0.15, -0.1) is 0 Å². The number of rotatable bonds is 2. The van der Waals surface area contributed by atoms with Crippen LogP contribution in [0.2, 0.25) is 5.54 Å². The molecule has 0 radical (unpaired) electrons. The lowest BCUT2D eigenvalue weighted by molar-refractivity contribution is 0.466. The average Bonchev–Trinajstić information content (AvgIpc) is 1.55. The molecule has 0 bridgehead atoms. The van der Waals surface area contributed by atoms with Gasteiger partial charge in [-0.05, 0) is 5.54 Å². The van der Waals surface area contributed by atoms with E-state index in [0.717, 1.165) is 16.0 Å². The Labute approximate surface area is 49.9 Å². The SMILES string of the molecule is [SiH3]O[SiH2]C1CCC1. The van der Waals surface area contributed by atoms with E-state index < -0.39 is 0 Å². The van der Waals surface area contributed by atoms with Gasteiger partial charge in [0.05, 0.1) is 0 Å². The largest absolute Gasteiger partial charge is 0.468 e. The van der Waals surface area contributed by atoms with Crippen molar-refractivity contribution >= 4 is 20.2 Å². The van der Waals surface area contributed by atoms with Crippen molar-refractivity contribution in [3.05, 3.63) is 0 Å². The van der Waals surface area contributed by atoms with Crippen LogP contribution in [0.1, 0.15) is 19.3 Å². The van der Waals surface area contributed by atoms with Crippen molar-refractivity contribution in [2.24, 2.45) is 0 Å². The molecule has 0 atom stereocenters. The summed E-state index contributed by atoms with van der Waals surface area (Å²) in [6.45, 7) is 0. The van der Waals surface area contributed by atoms with Crippen LogP contribution >= 0.6 is 0 Å². The first-order chi connectivity index (χ1) is 3.43. The van der Waals surface area contributed by atoms with Gasteiger partial charge in [0, 0.05) is 0 Å². The quantitative estimate of drug-likeness (QED) is 0.453. The average molecular weight is 132 g/mol. The first-order valence-corrected chi connectivity index (χ1v) is 5.13. The molecule has 0 saturated heterocycles. The second kappa shape index (κ2) is 2.64. The summed E-state index contributed by atoms with van der Waals surface area (Å²) in [6.07, 6.45) is 4.44. The van der Waals surface area contributed by atoms with E-state index in [-0.39, 0.29) is 9.76 Å². The third-order valence-corrected chi connectivity index (χ3v) is 4.25. The van der Waals surface area contributed by atoms with E-state index in [9.17, 15) is 0 Å². The van der Waals surface area contributed by atoms with Gasteiger partial charge < -0.3 is 4.12 Å². The highest BCUT2D eigenvalue weighted by molar-refractivity contribution is 6.36. The second-order valence-electron chi connectivity index (χ2n) is 2.25. The van der Waals surface area contributed by atoms with Gasteiger partial charge >= 0.3 is 0 Å². The van der Waals surface area contributed by atoms with Crippen LogP contribution in [0, 0.1) is 0 Å². The van der Waals surface area contributed by atoms with E-state index in [1.165, 1.54) is 19.3 Å². The van der Waals surface area contributed by atoms with Crippen molar-refractivity contribution in [1.29, 1.82) is 0 Å². The molecule has 0 amide bonds. The Balaban J connectivity index is 1.93. The number of hydrogen-bond acceptors (Lipinski definition) is 1. The van der Waals surface area contributed by atoms with Crippen LogP contribution in [-0.2, 0) is 4.12 Å². The highest BCUT2D eigenvalue weighted by Gasteiger charge is 2.16. The molecule has 0 aliphatic heterocycles. The summed E-state index contributed by atoms with van der Waals surface area (Å²) >= 11 is 0. The molecule has 1 rings (SSSR count). The molecule has 0 N–H and O–H groups in total. The minimum atomic E-state index is -0.00540. The van der Waals surface area contributed by atoms with Crippen molar-refractivity contribution < 1.29 is 4.12 Å². The van der Waals surface area contributed by atoms with Crippen LogP contribution in [0.15, 0.2) is 0 Å². The minimum absolute atomic E-state index is 0.00540. The van der Waals surface area contributed by atoms with E-state index in [1.54, 1.807) is 0 Å². The molecule has 0 unspecified atom stereocenters. The third kappa shape index (κ3) is 1.40. The van der Waals surface area contributed by atoms with Gasteiger partial charge in [0.1, 0.15) is 20.2 Å². The standard InChI is InChI=1S/C4H12OSi2/c6-5-7-4-2-1-3-4/h4H,1-3,7H2,6H3. The van der Waals surface area contributed by atoms with Crippen LogP contribution in [0.3, 0.4) is 0 Å². The van der Waals surface area contributed by atoms with E-state index in [1.807, 2.05) is 0 Å². The third-order valence-electron chi connectivity index (χ3n) is 1.63. The maximum atomic E-state index is 5.22. The molecule has 0 heterocycles. The van der Waals surface area contributed by atoms with Crippen LogP contribution in [0.4, 0.5) is 0 Å². The van der Waals surface area contributed by atoms with Gasteiger partial charge in [0.25, 0.3) is 0 Å². The molecule has 0 aromatic carbocycles. The van der Waals surface area contributed by atoms with Gasteiger partial charge in [-0.1, -0.05) is 19.3 Å². The molecule has 7 heavy (non-hydrogen) atoms. The molecule has 0 spiro atoms. The summed E-state index contributed by atoms with van der Waals surface area (Å²) < 4.78 is 5.22. The van der Waals surface area contributed by atoms with Crippen molar-refractivity contribution in [3.63, 3.8) is 0 Å². The molecule has 1 nitrogen and oxygen atoms in total. The molecule has 0 aromatic rings. The zero-order valence-electron chi connectivity index (χ0n) is 4.81. The molecule has 42 valence electrons. The lowest BCUT2D eigenvalue weighted by Crippen LogP contribution is -2.13. The Kier molecular flexibility index (Phi) is 2.09. The first-order valence-electron chi connectivity index (χ1n) is 2.92. The van der Waals surface area contributed by atoms with Crippen molar-refractivity contribution in [2.75, 3.05) is 0 Å². The zero-order valence-corrected chi connectivity index (χ0v) is 8.23. The van der Waals surface area contributed by atoms with E-state index >= 15 is 0 Å². The fraction of sp³-hybridized carbons (Fsp3) is 1.00. The highest BCUT2D eigenvalue weighted by Crippen LogP contribution is 2.30. The zero-order chi connectivity index (χ0) is 5.11. The van der Waals surface area contributed by atoms with Crippen molar-refractivity contribution in [3.8, 4) is 0 Å². The van der Waals surface area contributed by atoms with Crippen LogP contribution in [0.25, 0.3) is 0 Å². The molecule has 1 aliphatic carbocycles. The summed E-state index contributed by atoms with van der Waals surface area (Å²) in [7, 11) is 0.982. The fourth-order valence-corrected chi connectivity index (χ4v) is 3.69. The molecular weight excluding hydrogens is 120 g/mol. The van der Waals surface area contributed by atoms with Crippen LogP contribution in [0.5, 0.6) is 0 Å². The summed E-state index contributed by atoms with van der Waals surface area (Å²) in [5.74, 6) is 0. The van der Waals surface area contributed by atoms with Gasteiger partial charge in [-0.2, -0.15) is 0 Å². The van der Waals surface area contributed by atoms with Crippen LogP contribution in [-0.4, -0.2) is 20.2 Å². The predicted molar refractivity (Wildman–Crippen MR) is 37.2 cm³/mol. The van der Waals surface area contributed by atoms with E-state index in [2.05, 4.69) is 0 Å². The summed E-state index contributed by atoms with van der Waals surface area (Å²) in [4.78, 5) is 0. The molecular formula is C4H12OSi2. The second-order valence-corrected chi connectivity index (χ2v) is 6.05. The van der Waals surface area contributed by atoms with Gasteiger partial charge in [0.2, 0.25) is 0 Å². The molecule has 1 aliphatic rings. The number of hydrogen-bond donors (Lipinski definition) is 0. The monoisotopic (exact) mass is 132 g/mol. The lowest BCUT2D eigenvalue weighted by atomic mass is 10.00. The van der Waals surface area contributed by atoms with Crippen LogP contribution < -0.4 is 0 Å². The lowest BCUT2D eigenvalue weighted by Gasteiger charge is -2.23. The topological polar surface area (TPSA) is 9.23 Å². The Morgan fingerprint density at radius 2 is 2.29 bits per heavy atom. The Bertz CT molecular complexity index is 53.7. The molecule has 1 saturated carbocycles. The van der Waals surface area contributed by atoms with Gasteiger partial charge in [0.15, 0.2) is 0 Å². The normalized spacial score (nSPS) is 24.0.